The van der Waals surface area contributed by atoms with Gasteiger partial charge in [0.25, 0.3) is 5.91 Å². The smallest absolute Gasteiger partial charge is 0.251 e. The standard InChI is InChI=1S/C15H19ClN2O4S2/c1-10(23-13-5-3-2-4-12(13)16)15(20)18-17-14(19)8-11-6-7-24(21,22)9-11/h2-5,10-11H,6-9H2,1H3,(H,17,19)(H,18,20). The molecule has 1 aromatic rings. The van der Waals surface area contributed by atoms with E-state index < -0.39 is 15.1 Å². The third-order valence-corrected chi connectivity index (χ3v) is 7.09. The molecule has 0 radical (unpaired) electrons. The Morgan fingerprint density at radius 3 is 2.67 bits per heavy atom. The Labute approximate surface area is 150 Å². The van der Waals surface area contributed by atoms with Crippen LogP contribution in [0, 0.1) is 5.92 Å². The number of hydrazine groups is 1. The van der Waals surface area contributed by atoms with Gasteiger partial charge in [0.2, 0.25) is 5.91 Å². The van der Waals surface area contributed by atoms with Crippen LogP contribution in [0.5, 0.6) is 0 Å². The van der Waals surface area contributed by atoms with Gasteiger partial charge in [0.15, 0.2) is 9.84 Å². The average Bonchev–Trinajstić information content (AvgIpc) is 2.85. The average molecular weight is 391 g/mol. The van der Waals surface area contributed by atoms with Gasteiger partial charge in [-0.1, -0.05) is 23.7 Å². The molecule has 0 aromatic heterocycles. The minimum absolute atomic E-state index is 0.0348. The van der Waals surface area contributed by atoms with E-state index in [1.54, 1.807) is 19.1 Å². The van der Waals surface area contributed by atoms with Crippen molar-refractivity contribution >= 4 is 45.0 Å². The van der Waals surface area contributed by atoms with Crippen molar-refractivity contribution in [1.29, 1.82) is 0 Å². The van der Waals surface area contributed by atoms with Crippen LogP contribution < -0.4 is 10.9 Å². The summed E-state index contributed by atoms with van der Waals surface area (Å²) in [7, 11) is -3.01. The summed E-state index contributed by atoms with van der Waals surface area (Å²) in [5.41, 5.74) is 4.70. The molecule has 2 rings (SSSR count). The molecule has 0 saturated carbocycles. The molecule has 0 bridgehead atoms. The molecule has 1 fully saturated rings. The van der Waals surface area contributed by atoms with E-state index in [2.05, 4.69) is 10.9 Å². The summed E-state index contributed by atoms with van der Waals surface area (Å²) in [6.45, 7) is 1.71. The highest BCUT2D eigenvalue weighted by Gasteiger charge is 2.29. The quantitative estimate of drug-likeness (QED) is 0.590. The number of carbonyl (C=O) groups excluding carboxylic acids is 2. The van der Waals surface area contributed by atoms with Crippen LogP contribution in [0.2, 0.25) is 5.02 Å². The van der Waals surface area contributed by atoms with E-state index in [9.17, 15) is 18.0 Å². The highest BCUT2D eigenvalue weighted by molar-refractivity contribution is 8.00. The van der Waals surface area contributed by atoms with Crippen molar-refractivity contribution < 1.29 is 18.0 Å². The zero-order valence-corrected chi connectivity index (χ0v) is 15.5. The molecule has 0 spiro atoms. The van der Waals surface area contributed by atoms with Gasteiger partial charge >= 0.3 is 0 Å². The first-order chi connectivity index (χ1) is 11.3. The normalized spacial score (nSPS) is 20.3. The van der Waals surface area contributed by atoms with E-state index >= 15 is 0 Å². The molecule has 1 aliphatic heterocycles. The minimum Gasteiger partial charge on any atom is -0.273 e. The lowest BCUT2D eigenvalue weighted by Crippen LogP contribution is -2.45. The van der Waals surface area contributed by atoms with Crippen LogP contribution in [0.25, 0.3) is 0 Å². The molecular formula is C15H19ClN2O4S2. The second-order valence-electron chi connectivity index (χ2n) is 5.70. The summed E-state index contributed by atoms with van der Waals surface area (Å²) in [6, 6.07) is 7.19. The van der Waals surface area contributed by atoms with Crippen molar-refractivity contribution in [2.45, 2.75) is 29.9 Å². The highest BCUT2D eigenvalue weighted by Crippen LogP contribution is 2.29. The summed E-state index contributed by atoms with van der Waals surface area (Å²) >= 11 is 7.34. The fourth-order valence-corrected chi connectivity index (χ4v) is 5.38. The molecule has 6 nitrogen and oxygen atoms in total. The monoisotopic (exact) mass is 390 g/mol. The predicted octanol–water partition coefficient (Wildman–Crippen LogP) is 1.79. The summed E-state index contributed by atoms with van der Waals surface area (Å²) < 4.78 is 22.7. The first-order valence-corrected chi connectivity index (χ1v) is 10.5. The minimum atomic E-state index is -3.01. The first kappa shape index (κ1) is 19.1. The molecule has 1 heterocycles. The Morgan fingerprint density at radius 2 is 2.04 bits per heavy atom. The number of sulfone groups is 1. The SMILES string of the molecule is CC(Sc1ccccc1Cl)C(=O)NNC(=O)CC1CCS(=O)(=O)C1. The van der Waals surface area contributed by atoms with E-state index in [4.69, 9.17) is 11.6 Å². The molecule has 2 amide bonds. The van der Waals surface area contributed by atoms with Crippen LogP contribution in [-0.4, -0.2) is 37.0 Å². The van der Waals surface area contributed by atoms with Crippen LogP contribution in [0.3, 0.4) is 0 Å². The lowest BCUT2D eigenvalue weighted by Gasteiger charge is -2.14. The number of nitrogens with one attached hydrogen (secondary N) is 2. The first-order valence-electron chi connectivity index (χ1n) is 7.47. The van der Waals surface area contributed by atoms with Crippen LogP contribution in [0.15, 0.2) is 29.2 Å². The van der Waals surface area contributed by atoms with E-state index in [1.807, 2.05) is 12.1 Å². The Balaban J connectivity index is 1.76. The zero-order valence-electron chi connectivity index (χ0n) is 13.1. The van der Waals surface area contributed by atoms with E-state index in [1.165, 1.54) is 11.8 Å². The van der Waals surface area contributed by atoms with Crippen LogP contribution in [-0.2, 0) is 19.4 Å². The molecule has 2 N–H and O–H groups in total. The third-order valence-electron chi connectivity index (χ3n) is 3.64. The molecule has 9 heteroatoms. The molecule has 132 valence electrons. The molecule has 24 heavy (non-hydrogen) atoms. The van der Waals surface area contributed by atoms with E-state index in [0.717, 1.165) is 4.90 Å². The molecule has 2 unspecified atom stereocenters. The Hall–Kier alpha value is -1.25. The van der Waals surface area contributed by atoms with Gasteiger partial charge < -0.3 is 0 Å². The Kier molecular flexibility index (Phi) is 6.54. The van der Waals surface area contributed by atoms with Gasteiger partial charge in [0, 0.05) is 11.3 Å². The number of carbonyl (C=O) groups is 2. The van der Waals surface area contributed by atoms with E-state index in [0.29, 0.717) is 11.4 Å². The maximum atomic E-state index is 12.0. The third kappa shape index (κ3) is 5.68. The van der Waals surface area contributed by atoms with Gasteiger partial charge in [-0.15, -0.1) is 11.8 Å². The van der Waals surface area contributed by atoms with Crippen molar-refractivity contribution in [2.24, 2.45) is 5.92 Å². The fourth-order valence-electron chi connectivity index (χ4n) is 2.36. The van der Waals surface area contributed by atoms with Crippen molar-refractivity contribution in [3.8, 4) is 0 Å². The van der Waals surface area contributed by atoms with Gasteiger partial charge in [0.05, 0.1) is 21.8 Å². The molecule has 1 aromatic carbocycles. The number of thioether (sulfide) groups is 1. The predicted molar refractivity (Wildman–Crippen MR) is 94.4 cm³/mol. The maximum absolute atomic E-state index is 12.0. The topological polar surface area (TPSA) is 92.3 Å². The van der Waals surface area contributed by atoms with Crippen LogP contribution >= 0.6 is 23.4 Å². The summed E-state index contributed by atoms with van der Waals surface area (Å²) in [5.74, 6) is -0.759. The lowest BCUT2D eigenvalue weighted by atomic mass is 10.1. The summed E-state index contributed by atoms with van der Waals surface area (Å²) in [4.78, 5) is 24.6. The number of halogens is 1. The Morgan fingerprint density at radius 1 is 1.33 bits per heavy atom. The largest absolute Gasteiger partial charge is 0.273 e. The molecule has 1 saturated heterocycles. The lowest BCUT2D eigenvalue weighted by molar-refractivity contribution is -0.128. The summed E-state index contributed by atoms with van der Waals surface area (Å²) in [5, 5.41) is 0.116. The van der Waals surface area contributed by atoms with Crippen molar-refractivity contribution in [1.82, 2.24) is 10.9 Å². The van der Waals surface area contributed by atoms with Gasteiger partial charge in [-0.2, -0.15) is 0 Å². The molecule has 1 aliphatic rings. The zero-order chi connectivity index (χ0) is 17.7. The highest BCUT2D eigenvalue weighted by atomic mass is 35.5. The van der Waals surface area contributed by atoms with Crippen LogP contribution in [0.1, 0.15) is 19.8 Å². The second kappa shape index (κ2) is 8.22. The number of hydrogen-bond donors (Lipinski definition) is 2. The van der Waals surface area contributed by atoms with Gasteiger partial charge in [0.1, 0.15) is 0 Å². The second-order valence-corrected chi connectivity index (χ2v) is 9.72. The molecular weight excluding hydrogens is 372 g/mol. The van der Waals surface area contributed by atoms with Gasteiger partial charge in [-0.25, -0.2) is 8.42 Å². The number of amides is 2. The van der Waals surface area contributed by atoms with Crippen molar-refractivity contribution in [2.75, 3.05) is 11.5 Å². The van der Waals surface area contributed by atoms with Crippen LogP contribution in [0.4, 0.5) is 0 Å². The summed E-state index contributed by atoms with van der Waals surface area (Å²) in [6.07, 6.45) is 0.577. The van der Waals surface area contributed by atoms with Crippen molar-refractivity contribution in [3.05, 3.63) is 29.3 Å². The fraction of sp³-hybridized carbons (Fsp3) is 0.467. The Bertz CT molecular complexity index is 724. The number of benzene rings is 1. The molecule has 0 aliphatic carbocycles. The van der Waals surface area contributed by atoms with Gasteiger partial charge in [-0.3, -0.25) is 20.4 Å². The number of hydrogen-bond acceptors (Lipinski definition) is 5. The van der Waals surface area contributed by atoms with Crippen molar-refractivity contribution in [3.63, 3.8) is 0 Å². The maximum Gasteiger partial charge on any atom is 0.251 e. The van der Waals surface area contributed by atoms with Gasteiger partial charge in [-0.05, 0) is 31.4 Å². The number of rotatable bonds is 5. The molecule has 2 atom stereocenters. The van der Waals surface area contributed by atoms with E-state index in [-0.39, 0.29) is 35.7 Å².